The summed E-state index contributed by atoms with van der Waals surface area (Å²) in [6.07, 6.45) is 2.17. The van der Waals surface area contributed by atoms with Crippen LogP contribution in [-0.2, 0) is 16.0 Å². The number of hydrogen-bond acceptors (Lipinski definition) is 2. The lowest BCUT2D eigenvalue weighted by Crippen LogP contribution is -2.59. The number of nitrogens with one attached hydrogen (secondary N) is 1. The van der Waals surface area contributed by atoms with Crippen LogP contribution >= 0.6 is 11.6 Å². The fourth-order valence-electron chi connectivity index (χ4n) is 2.12. The molecule has 1 aliphatic rings. The van der Waals surface area contributed by atoms with Gasteiger partial charge in [-0.2, -0.15) is 0 Å². The molecule has 1 aromatic rings. The van der Waals surface area contributed by atoms with Gasteiger partial charge in [0.1, 0.15) is 6.04 Å². The lowest BCUT2D eigenvalue weighted by atomic mass is 10.0. The van der Waals surface area contributed by atoms with Gasteiger partial charge >= 0.3 is 0 Å². The second-order valence-corrected chi connectivity index (χ2v) is 4.58. The van der Waals surface area contributed by atoms with Crippen molar-refractivity contribution in [3.8, 4) is 0 Å². The Hall–Kier alpha value is -1.81. The number of rotatable bonds is 4. The van der Waals surface area contributed by atoms with Gasteiger partial charge in [-0.25, -0.2) is 0 Å². The van der Waals surface area contributed by atoms with Crippen molar-refractivity contribution in [2.24, 2.45) is 0 Å². The Morgan fingerprint density at radius 3 is 2.74 bits per heavy atom. The van der Waals surface area contributed by atoms with E-state index in [0.29, 0.717) is 13.0 Å². The highest BCUT2D eigenvalue weighted by molar-refractivity contribution is 6.25. The van der Waals surface area contributed by atoms with Crippen molar-refractivity contribution >= 4 is 23.4 Å². The molecule has 0 saturated carbocycles. The van der Waals surface area contributed by atoms with Gasteiger partial charge in [-0.1, -0.05) is 48.0 Å². The maximum atomic E-state index is 12.0. The van der Waals surface area contributed by atoms with Gasteiger partial charge in [-0.3, -0.25) is 9.59 Å². The number of nitrogens with zero attached hydrogens (tertiary/aromatic N) is 1. The fourth-order valence-corrected chi connectivity index (χ4v) is 2.20. The van der Waals surface area contributed by atoms with Crippen LogP contribution in [0.5, 0.6) is 0 Å². The summed E-state index contributed by atoms with van der Waals surface area (Å²) >= 11 is 5.49. The first-order valence-electron chi connectivity index (χ1n) is 6.08. The van der Waals surface area contributed by atoms with E-state index in [9.17, 15) is 9.59 Å². The molecule has 1 atom stereocenters. The molecule has 0 aliphatic carbocycles. The minimum Gasteiger partial charge on any atom is -0.345 e. The Morgan fingerprint density at radius 1 is 1.32 bits per heavy atom. The summed E-state index contributed by atoms with van der Waals surface area (Å²) in [5, 5.41) is 2.62. The van der Waals surface area contributed by atoms with Crippen LogP contribution in [0.4, 0.5) is 0 Å². The average Bonchev–Trinajstić information content (AvgIpc) is 2.43. The van der Waals surface area contributed by atoms with Crippen LogP contribution in [0.25, 0.3) is 0 Å². The quantitative estimate of drug-likeness (QED) is 0.903. The first-order chi connectivity index (χ1) is 9.22. The molecule has 5 heteroatoms. The minimum atomic E-state index is -0.475. The predicted molar refractivity (Wildman–Crippen MR) is 73.6 cm³/mol. The van der Waals surface area contributed by atoms with Gasteiger partial charge in [0, 0.05) is 18.5 Å². The van der Waals surface area contributed by atoms with E-state index in [2.05, 4.69) is 5.32 Å². The molecule has 2 amide bonds. The third-order valence-corrected chi connectivity index (χ3v) is 3.25. The van der Waals surface area contributed by atoms with E-state index in [-0.39, 0.29) is 18.4 Å². The van der Waals surface area contributed by atoms with Crippen molar-refractivity contribution in [2.45, 2.75) is 12.5 Å². The number of benzene rings is 1. The zero-order chi connectivity index (χ0) is 13.7. The summed E-state index contributed by atoms with van der Waals surface area (Å²) in [5.41, 5.74) is 2.39. The van der Waals surface area contributed by atoms with Gasteiger partial charge in [-0.05, 0) is 5.56 Å². The summed E-state index contributed by atoms with van der Waals surface area (Å²) in [5.74, 6) is -0.207. The van der Waals surface area contributed by atoms with Crippen LogP contribution in [0.1, 0.15) is 5.56 Å². The van der Waals surface area contributed by atoms with Gasteiger partial charge in [0.15, 0.2) is 0 Å². The number of piperazine rings is 1. The molecule has 1 N–H and O–H groups in total. The monoisotopic (exact) mass is 278 g/mol. The van der Waals surface area contributed by atoms with E-state index in [1.54, 1.807) is 11.0 Å². The summed E-state index contributed by atoms with van der Waals surface area (Å²) in [4.78, 5) is 25.4. The summed E-state index contributed by atoms with van der Waals surface area (Å²) in [7, 11) is 0. The van der Waals surface area contributed by atoms with E-state index in [1.807, 2.05) is 30.3 Å². The topological polar surface area (TPSA) is 49.4 Å². The van der Waals surface area contributed by atoms with Gasteiger partial charge < -0.3 is 10.2 Å². The first kappa shape index (κ1) is 13.6. The van der Waals surface area contributed by atoms with Gasteiger partial charge in [0.2, 0.25) is 11.8 Å². The van der Waals surface area contributed by atoms with Crippen LogP contribution in [-0.4, -0.2) is 35.8 Å². The SMILES string of the molecule is O=C1NCC(=O)N(C/C=C/Cl)C1Cc1ccccc1. The van der Waals surface area contributed by atoms with Gasteiger partial charge in [-0.15, -0.1) is 0 Å². The van der Waals surface area contributed by atoms with E-state index in [4.69, 9.17) is 11.6 Å². The lowest BCUT2D eigenvalue weighted by Gasteiger charge is -2.34. The second kappa shape index (κ2) is 6.38. The van der Waals surface area contributed by atoms with Gasteiger partial charge in [0.05, 0.1) is 6.54 Å². The number of hydrogen-bond donors (Lipinski definition) is 1. The molecule has 0 bridgehead atoms. The molecule has 1 aliphatic heterocycles. The number of carbonyl (C=O) groups is 2. The Balaban J connectivity index is 2.16. The molecule has 100 valence electrons. The Kier molecular flexibility index (Phi) is 4.58. The predicted octanol–water partition coefficient (Wildman–Crippen LogP) is 1.31. The van der Waals surface area contributed by atoms with E-state index >= 15 is 0 Å². The highest BCUT2D eigenvalue weighted by atomic mass is 35.5. The number of carbonyl (C=O) groups excluding carboxylic acids is 2. The van der Waals surface area contributed by atoms with Crippen molar-refractivity contribution in [1.82, 2.24) is 10.2 Å². The van der Waals surface area contributed by atoms with E-state index in [1.165, 1.54) is 5.54 Å². The standard InChI is InChI=1S/C14H15ClN2O2/c15-7-4-8-17-12(14(19)16-10-13(17)18)9-11-5-2-1-3-6-11/h1-7,12H,8-10H2,(H,16,19)/b7-4+. The third kappa shape index (κ3) is 3.35. The van der Waals surface area contributed by atoms with Crippen LogP contribution < -0.4 is 5.32 Å². The summed E-state index contributed by atoms with van der Waals surface area (Å²) < 4.78 is 0. The van der Waals surface area contributed by atoms with E-state index < -0.39 is 6.04 Å². The summed E-state index contributed by atoms with van der Waals surface area (Å²) in [6, 6.07) is 9.17. The maximum absolute atomic E-state index is 12.0. The van der Waals surface area contributed by atoms with Crippen LogP contribution in [0.15, 0.2) is 41.9 Å². The largest absolute Gasteiger partial charge is 0.345 e. The van der Waals surface area contributed by atoms with Crippen molar-refractivity contribution in [2.75, 3.05) is 13.1 Å². The smallest absolute Gasteiger partial charge is 0.243 e. The molecule has 1 saturated heterocycles. The molecule has 1 heterocycles. The van der Waals surface area contributed by atoms with Gasteiger partial charge in [0.25, 0.3) is 0 Å². The minimum absolute atomic E-state index is 0.0558. The van der Waals surface area contributed by atoms with Crippen LogP contribution in [0, 0.1) is 0 Å². The molecule has 2 rings (SSSR count). The second-order valence-electron chi connectivity index (χ2n) is 4.33. The fraction of sp³-hybridized carbons (Fsp3) is 0.286. The molecule has 4 nitrogen and oxygen atoms in total. The zero-order valence-corrected chi connectivity index (χ0v) is 11.1. The number of halogens is 1. The molecular formula is C14H15ClN2O2. The molecule has 0 spiro atoms. The van der Waals surface area contributed by atoms with Crippen LogP contribution in [0.3, 0.4) is 0 Å². The molecule has 0 radical (unpaired) electrons. The molecule has 1 aromatic carbocycles. The van der Waals surface area contributed by atoms with Crippen molar-refractivity contribution < 1.29 is 9.59 Å². The third-order valence-electron chi connectivity index (χ3n) is 3.08. The van der Waals surface area contributed by atoms with Crippen molar-refractivity contribution in [3.63, 3.8) is 0 Å². The molecular weight excluding hydrogens is 264 g/mol. The molecule has 19 heavy (non-hydrogen) atoms. The molecule has 1 unspecified atom stereocenters. The Bertz CT molecular complexity index is 487. The molecule has 1 fully saturated rings. The first-order valence-corrected chi connectivity index (χ1v) is 6.52. The normalized spacial score (nSPS) is 19.8. The van der Waals surface area contributed by atoms with Crippen molar-refractivity contribution in [1.29, 1.82) is 0 Å². The Labute approximate surface area is 117 Å². The zero-order valence-electron chi connectivity index (χ0n) is 10.4. The molecule has 0 aromatic heterocycles. The maximum Gasteiger partial charge on any atom is 0.243 e. The summed E-state index contributed by atoms with van der Waals surface area (Å²) in [6.45, 7) is 0.410. The highest BCUT2D eigenvalue weighted by Gasteiger charge is 2.33. The highest BCUT2D eigenvalue weighted by Crippen LogP contribution is 2.13. The Morgan fingerprint density at radius 2 is 2.05 bits per heavy atom. The average molecular weight is 279 g/mol. The van der Waals surface area contributed by atoms with Crippen molar-refractivity contribution in [3.05, 3.63) is 47.5 Å². The number of amides is 2. The van der Waals surface area contributed by atoms with Crippen LogP contribution in [0.2, 0.25) is 0 Å². The lowest BCUT2D eigenvalue weighted by molar-refractivity contribution is -0.144. The van der Waals surface area contributed by atoms with E-state index in [0.717, 1.165) is 5.56 Å².